The number of benzene rings is 1. The van der Waals surface area contributed by atoms with Crippen LogP contribution in [0, 0.1) is 5.41 Å². The largest absolute Gasteiger partial charge is 0.465 e. The van der Waals surface area contributed by atoms with Gasteiger partial charge in [-0.25, -0.2) is 4.79 Å². The number of fused-ring (bicyclic) bond motifs is 1. The number of carboxylic acid groups (broad SMARTS) is 1. The summed E-state index contributed by atoms with van der Waals surface area (Å²) < 4.78 is 11.6. The number of nitrogens with zero attached hydrogens (tertiary/aromatic N) is 6. The Hall–Kier alpha value is -2.95. The van der Waals surface area contributed by atoms with E-state index in [0.29, 0.717) is 32.3 Å². The zero-order valence-electron chi connectivity index (χ0n) is 24.2. The van der Waals surface area contributed by atoms with Crippen LogP contribution in [-0.2, 0) is 24.2 Å². The molecule has 5 rings (SSSR count). The number of piperazine rings is 1. The smallest absolute Gasteiger partial charge is 0.407 e. The topological polar surface area (TPSA) is 94.5 Å². The highest BCUT2D eigenvalue weighted by molar-refractivity contribution is 5.66. The fraction of sp³-hybridized carbons (Fsp3) is 0.633. The first-order chi connectivity index (χ1) is 19.3. The Morgan fingerprint density at radius 1 is 1.05 bits per heavy atom. The molecule has 0 spiro atoms. The third-order valence-corrected chi connectivity index (χ3v) is 8.23. The van der Waals surface area contributed by atoms with E-state index in [0.717, 1.165) is 76.8 Å². The highest BCUT2D eigenvalue weighted by Crippen LogP contribution is 2.34. The number of morpholine rings is 1. The number of amides is 1. The number of hydrogen-bond acceptors (Lipinski definition) is 8. The molecule has 2 fully saturated rings. The van der Waals surface area contributed by atoms with Gasteiger partial charge in [0.25, 0.3) is 0 Å². The third-order valence-electron chi connectivity index (χ3n) is 8.23. The third kappa shape index (κ3) is 7.03. The molecule has 1 amide bonds. The number of carbonyl (C=O) groups is 1. The number of ether oxygens (including phenoxy) is 2. The number of hydrogen-bond donors (Lipinski definition) is 1. The molecule has 0 aliphatic carbocycles. The van der Waals surface area contributed by atoms with Gasteiger partial charge in [0, 0.05) is 64.5 Å². The van der Waals surface area contributed by atoms with Gasteiger partial charge in [-0.1, -0.05) is 51.1 Å². The van der Waals surface area contributed by atoms with E-state index in [-0.39, 0.29) is 11.5 Å². The molecule has 0 bridgehead atoms. The molecule has 1 N–H and O–H groups in total. The van der Waals surface area contributed by atoms with Crippen LogP contribution in [0.5, 0.6) is 6.01 Å². The Morgan fingerprint density at radius 3 is 2.55 bits per heavy atom. The van der Waals surface area contributed by atoms with Gasteiger partial charge in [-0.15, -0.1) is 0 Å². The van der Waals surface area contributed by atoms with Crippen molar-refractivity contribution in [3.8, 4) is 6.01 Å². The first-order valence-corrected chi connectivity index (χ1v) is 14.6. The van der Waals surface area contributed by atoms with Gasteiger partial charge in [-0.2, -0.15) is 9.97 Å². The van der Waals surface area contributed by atoms with Gasteiger partial charge >= 0.3 is 12.1 Å². The molecule has 1 unspecified atom stereocenters. The van der Waals surface area contributed by atoms with Crippen molar-refractivity contribution < 1.29 is 19.4 Å². The summed E-state index contributed by atoms with van der Waals surface area (Å²) in [5.41, 5.74) is 3.28. The molecule has 3 aliphatic rings. The molecule has 4 heterocycles. The van der Waals surface area contributed by atoms with E-state index in [9.17, 15) is 9.90 Å². The SMILES string of the molecule is CC(C)(C)C1CN(c2nc(OCCCN3CCOCC3)nc3c2CCN(Cc2ccccc2)C3)CCN1C(=O)O. The van der Waals surface area contributed by atoms with Crippen molar-refractivity contribution in [1.82, 2.24) is 24.7 Å². The predicted octanol–water partition coefficient (Wildman–Crippen LogP) is 3.35. The lowest BCUT2D eigenvalue weighted by atomic mass is 9.84. The molecule has 3 aliphatic heterocycles. The Labute approximate surface area is 237 Å². The Morgan fingerprint density at radius 2 is 1.82 bits per heavy atom. The van der Waals surface area contributed by atoms with Crippen molar-refractivity contribution in [2.24, 2.45) is 5.41 Å². The van der Waals surface area contributed by atoms with Gasteiger partial charge in [-0.3, -0.25) is 9.80 Å². The van der Waals surface area contributed by atoms with Crippen LogP contribution in [-0.4, -0.2) is 108 Å². The molecule has 0 saturated carbocycles. The lowest BCUT2D eigenvalue weighted by molar-refractivity contribution is 0.0356. The van der Waals surface area contributed by atoms with Crippen LogP contribution in [0.3, 0.4) is 0 Å². The Balaban J connectivity index is 1.35. The molecule has 1 aromatic carbocycles. The quantitative estimate of drug-likeness (QED) is 0.495. The summed E-state index contributed by atoms with van der Waals surface area (Å²) >= 11 is 0. The average molecular weight is 553 g/mol. The number of anilines is 1. The monoisotopic (exact) mass is 552 g/mol. The van der Waals surface area contributed by atoms with Gasteiger partial charge in [0.05, 0.1) is 31.6 Å². The first kappa shape index (κ1) is 28.6. The van der Waals surface area contributed by atoms with E-state index < -0.39 is 6.09 Å². The van der Waals surface area contributed by atoms with Crippen LogP contribution in [0.1, 0.15) is 44.0 Å². The summed E-state index contributed by atoms with van der Waals surface area (Å²) in [6.45, 7) is 15.6. The highest BCUT2D eigenvalue weighted by Gasteiger charge is 2.39. The molecule has 40 heavy (non-hydrogen) atoms. The zero-order valence-corrected chi connectivity index (χ0v) is 24.2. The van der Waals surface area contributed by atoms with Crippen LogP contribution in [0.15, 0.2) is 30.3 Å². The normalized spacial score (nSPS) is 20.8. The summed E-state index contributed by atoms with van der Waals surface area (Å²) in [5, 5.41) is 9.88. The Bertz CT molecular complexity index is 1140. The van der Waals surface area contributed by atoms with Crippen molar-refractivity contribution in [1.29, 1.82) is 0 Å². The van der Waals surface area contributed by atoms with Crippen LogP contribution in [0.25, 0.3) is 0 Å². The van der Waals surface area contributed by atoms with Gasteiger partial charge in [0.15, 0.2) is 0 Å². The second kappa shape index (κ2) is 12.7. The van der Waals surface area contributed by atoms with Crippen LogP contribution < -0.4 is 9.64 Å². The number of aromatic nitrogens is 2. The van der Waals surface area contributed by atoms with Gasteiger partial charge in [0.2, 0.25) is 0 Å². The van der Waals surface area contributed by atoms with E-state index in [1.807, 2.05) is 6.07 Å². The minimum atomic E-state index is -0.856. The van der Waals surface area contributed by atoms with E-state index in [4.69, 9.17) is 19.4 Å². The molecular weight excluding hydrogens is 508 g/mol. The standard InChI is InChI=1S/C30H44N6O4/c1-30(2,3)26-22-35(13-14-36(26)29(37)38)27-24-10-12-34(20-23-8-5-4-6-9-23)21-25(24)31-28(32-27)40-17-7-11-33-15-18-39-19-16-33/h4-6,8-9,26H,7,10-22H2,1-3H3,(H,37,38). The fourth-order valence-electron chi connectivity index (χ4n) is 5.97. The van der Waals surface area contributed by atoms with Crippen LogP contribution in [0.4, 0.5) is 10.6 Å². The second-order valence-electron chi connectivity index (χ2n) is 12.2. The lowest BCUT2D eigenvalue weighted by Gasteiger charge is -2.47. The van der Waals surface area contributed by atoms with Crippen molar-refractivity contribution in [3.63, 3.8) is 0 Å². The molecular formula is C30H44N6O4. The van der Waals surface area contributed by atoms with Crippen molar-refractivity contribution >= 4 is 11.9 Å². The van der Waals surface area contributed by atoms with Crippen LogP contribution >= 0.6 is 0 Å². The summed E-state index contributed by atoms with van der Waals surface area (Å²) in [5.74, 6) is 0.909. The van der Waals surface area contributed by atoms with Crippen LogP contribution in [0.2, 0.25) is 0 Å². The van der Waals surface area contributed by atoms with Gasteiger partial charge in [-0.05, 0) is 23.8 Å². The predicted molar refractivity (Wildman–Crippen MR) is 154 cm³/mol. The maximum absolute atomic E-state index is 12.0. The summed E-state index contributed by atoms with van der Waals surface area (Å²) in [6.07, 6.45) is 0.901. The molecule has 2 saturated heterocycles. The molecule has 1 atom stereocenters. The zero-order chi connectivity index (χ0) is 28.1. The summed E-state index contributed by atoms with van der Waals surface area (Å²) in [4.78, 5) is 30.6. The minimum Gasteiger partial charge on any atom is -0.465 e. The lowest BCUT2D eigenvalue weighted by Crippen LogP contribution is -2.59. The summed E-state index contributed by atoms with van der Waals surface area (Å²) in [7, 11) is 0. The van der Waals surface area contributed by atoms with E-state index >= 15 is 0 Å². The van der Waals surface area contributed by atoms with E-state index in [1.54, 1.807) is 4.90 Å². The molecule has 218 valence electrons. The molecule has 10 nitrogen and oxygen atoms in total. The van der Waals surface area contributed by atoms with Crippen molar-refractivity contribution in [3.05, 3.63) is 47.2 Å². The maximum atomic E-state index is 12.0. The maximum Gasteiger partial charge on any atom is 0.407 e. The minimum absolute atomic E-state index is 0.138. The number of rotatable bonds is 8. The highest BCUT2D eigenvalue weighted by atomic mass is 16.5. The van der Waals surface area contributed by atoms with Crippen molar-refractivity contribution in [2.45, 2.75) is 52.7 Å². The average Bonchev–Trinajstić information content (AvgIpc) is 2.95. The fourth-order valence-corrected chi connectivity index (χ4v) is 5.97. The molecule has 1 aromatic heterocycles. The van der Waals surface area contributed by atoms with Gasteiger partial charge in [0.1, 0.15) is 5.82 Å². The first-order valence-electron chi connectivity index (χ1n) is 14.6. The molecule has 10 heteroatoms. The summed E-state index contributed by atoms with van der Waals surface area (Å²) in [6, 6.07) is 10.8. The van der Waals surface area contributed by atoms with Gasteiger partial charge < -0.3 is 24.4 Å². The Kier molecular flexibility index (Phi) is 9.07. The van der Waals surface area contributed by atoms with E-state index in [1.165, 1.54) is 11.1 Å². The van der Waals surface area contributed by atoms with Crippen molar-refractivity contribution in [2.75, 3.05) is 70.5 Å². The second-order valence-corrected chi connectivity index (χ2v) is 12.2. The molecule has 0 radical (unpaired) electrons. The van der Waals surface area contributed by atoms with E-state index in [2.05, 4.69) is 59.7 Å². The molecule has 2 aromatic rings.